The molecule has 1 N–H and O–H groups in total. The molecule has 0 unspecified atom stereocenters. The molecule has 0 aliphatic carbocycles. The molecule has 1 aliphatic rings. The normalized spacial score (nSPS) is 13.1. The first-order valence-electron chi connectivity index (χ1n) is 9.33. The van der Waals surface area contributed by atoms with Crippen molar-refractivity contribution in [3.05, 3.63) is 90.0 Å². The lowest BCUT2D eigenvalue weighted by Gasteiger charge is -2.14. The minimum atomic E-state index is -0.344. The summed E-state index contributed by atoms with van der Waals surface area (Å²) in [5.41, 5.74) is 2.21. The number of anilines is 1. The van der Waals surface area contributed by atoms with Gasteiger partial charge in [0.15, 0.2) is 0 Å². The highest BCUT2D eigenvalue weighted by Crippen LogP contribution is 2.22. The third-order valence-corrected chi connectivity index (χ3v) is 4.53. The average molecular weight is 388 g/mol. The average Bonchev–Trinajstić information content (AvgIpc) is 3.19. The lowest BCUT2D eigenvalue weighted by molar-refractivity contribution is 0.0951. The Labute approximate surface area is 168 Å². The maximum Gasteiger partial charge on any atom is 0.414 e. The van der Waals surface area contributed by atoms with E-state index in [-0.39, 0.29) is 12.0 Å². The fourth-order valence-corrected chi connectivity index (χ4v) is 3.05. The number of carbonyl (C=O) groups is 2. The maximum absolute atomic E-state index is 12.4. The second-order valence-corrected chi connectivity index (χ2v) is 6.56. The summed E-state index contributed by atoms with van der Waals surface area (Å²) in [5.74, 6) is 1.23. The van der Waals surface area contributed by atoms with Gasteiger partial charge in [-0.1, -0.05) is 30.3 Å². The summed E-state index contributed by atoms with van der Waals surface area (Å²) < 4.78 is 10.7. The molecule has 1 fully saturated rings. The third kappa shape index (κ3) is 4.55. The molecular weight excluding hydrogens is 368 g/mol. The Balaban J connectivity index is 1.35. The summed E-state index contributed by atoms with van der Waals surface area (Å²) in [5, 5.41) is 2.90. The van der Waals surface area contributed by atoms with Gasteiger partial charge in [0.2, 0.25) is 0 Å². The van der Waals surface area contributed by atoms with Gasteiger partial charge in [-0.05, 0) is 54.1 Å². The molecule has 0 atom stereocenters. The maximum atomic E-state index is 12.4. The lowest BCUT2D eigenvalue weighted by Crippen LogP contribution is -2.24. The lowest BCUT2D eigenvalue weighted by atomic mass is 10.1. The zero-order valence-corrected chi connectivity index (χ0v) is 15.7. The van der Waals surface area contributed by atoms with E-state index in [0.717, 1.165) is 17.0 Å². The van der Waals surface area contributed by atoms with Crippen molar-refractivity contribution >= 4 is 17.7 Å². The fraction of sp³-hybridized carbons (Fsp3) is 0.130. The Kier molecular flexibility index (Phi) is 5.42. The molecule has 1 aliphatic heterocycles. The van der Waals surface area contributed by atoms with Crippen LogP contribution in [-0.2, 0) is 11.3 Å². The van der Waals surface area contributed by atoms with Crippen molar-refractivity contribution in [3.63, 3.8) is 0 Å². The van der Waals surface area contributed by atoms with Crippen molar-refractivity contribution in [1.82, 2.24) is 5.32 Å². The van der Waals surface area contributed by atoms with E-state index in [1.54, 1.807) is 29.2 Å². The summed E-state index contributed by atoms with van der Waals surface area (Å²) >= 11 is 0. The van der Waals surface area contributed by atoms with E-state index in [1.165, 1.54) is 0 Å². The summed E-state index contributed by atoms with van der Waals surface area (Å²) in [6.07, 6.45) is -0.344. The Morgan fingerprint density at radius 1 is 0.966 bits per heavy atom. The van der Waals surface area contributed by atoms with Crippen LogP contribution >= 0.6 is 0 Å². The number of hydrogen-bond acceptors (Lipinski definition) is 4. The van der Waals surface area contributed by atoms with Crippen LogP contribution in [0.4, 0.5) is 10.5 Å². The Morgan fingerprint density at radius 2 is 1.72 bits per heavy atom. The number of rotatable bonds is 6. The van der Waals surface area contributed by atoms with Gasteiger partial charge in [-0.3, -0.25) is 9.69 Å². The monoisotopic (exact) mass is 388 g/mol. The van der Waals surface area contributed by atoms with Crippen LogP contribution in [0.15, 0.2) is 78.9 Å². The van der Waals surface area contributed by atoms with Crippen molar-refractivity contribution in [2.75, 3.05) is 18.1 Å². The first kappa shape index (κ1) is 18.6. The van der Waals surface area contributed by atoms with E-state index in [4.69, 9.17) is 9.47 Å². The van der Waals surface area contributed by atoms with Crippen molar-refractivity contribution in [1.29, 1.82) is 0 Å². The van der Waals surface area contributed by atoms with Crippen LogP contribution in [0.3, 0.4) is 0 Å². The summed E-state index contributed by atoms with van der Waals surface area (Å²) in [6, 6.07) is 23.9. The summed E-state index contributed by atoms with van der Waals surface area (Å²) in [4.78, 5) is 25.7. The van der Waals surface area contributed by atoms with Gasteiger partial charge in [-0.15, -0.1) is 0 Å². The Bertz CT molecular complexity index is 1000. The number of nitrogens with one attached hydrogen (secondary N) is 1. The number of benzene rings is 3. The number of hydrogen-bond donors (Lipinski definition) is 1. The van der Waals surface area contributed by atoms with Crippen LogP contribution in [-0.4, -0.2) is 25.2 Å². The van der Waals surface area contributed by atoms with Crippen LogP contribution in [0.2, 0.25) is 0 Å². The van der Waals surface area contributed by atoms with Crippen molar-refractivity contribution in [2.24, 2.45) is 0 Å². The van der Waals surface area contributed by atoms with Gasteiger partial charge in [-0.25, -0.2) is 4.79 Å². The molecule has 3 aromatic rings. The third-order valence-electron chi connectivity index (χ3n) is 4.53. The molecule has 29 heavy (non-hydrogen) atoms. The largest absolute Gasteiger partial charge is 0.457 e. The smallest absolute Gasteiger partial charge is 0.414 e. The summed E-state index contributed by atoms with van der Waals surface area (Å²) in [7, 11) is 0. The highest BCUT2D eigenvalue weighted by molar-refractivity contribution is 5.94. The molecule has 0 radical (unpaired) electrons. The number of cyclic esters (lactones) is 1. The van der Waals surface area contributed by atoms with E-state index in [2.05, 4.69) is 5.32 Å². The predicted octanol–water partition coefficient (Wildman–Crippen LogP) is 4.37. The van der Waals surface area contributed by atoms with Crippen LogP contribution in [0.1, 0.15) is 15.9 Å². The molecule has 6 nitrogen and oxygen atoms in total. The van der Waals surface area contributed by atoms with Crippen LogP contribution in [0.5, 0.6) is 11.5 Å². The van der Waals surface area contributed by atoms with Crippen LogP contribution in [0.25, 0.3) is 0 Å². The first-order chi connectivity index (χ1) is 14.2. The number of para-hydroxylation sites is 1. The van der Waals surface area contributed by atoms with Gasteiger partial charge in [-0.2, -0.15) is 0 Å². The van der Waals surface area contributed by atoms with Crippen LogP contribution in [0, 0.1) is 0 Å². The number of amides is 2. The van der Waals surface area contributed by atoms with E-state index < -0.39 is 0 Å². The van der Waals surface area contributed by atoms with Gasteiger partial charge in [0.25, 0.3) is 5.91 Å². The Morgan fingerprint density at radius 3 is 2.45 bits per heavy atom. The van der Waals surface area contributed by atoms with Gasteiger partial charge in [0, 0.05) is 17.8 Å². The highest BCUT2D eigenvalue weighted by atomic mass is 16.6. The van der Waals surface area contributed by atoms with Gasteiger partial charge >= 0.3 is 6.09 Å². The molecule has 0 aromatic heterocycles. The molecule has 4 rings (SSSR count). The molecule has 0 spiro atoms. The summed E-state index contributed by atoms with van der Waals surface area (Å²) in [6.45, 7) is 1.29. The topological polar surface area (TPSA) is 67.9 Å². The minimum absolute atomic E-state index is 0.178. The Hall–Kier alpha value is -3.80. The van der Waals surface area contributed by atoms with Gasteiger partial charge < -0.3 is 14.8 Å². The molecule has 0 saturated carbocycles. The quantitative estimate of drug-likeness (QED) is 0.681. The molecule has 146 valence electrons. The molecule has 2 amide bonds. The van der Waals surface area contributed by atoms with Crippen molar-refractivity contribution in [3.8, 4) is 11.5 Å². The van der Waals surface area contributed by atoms with E-state index in [9.17, 15) is 9.59 Å². The van der Waals surface area contributed by atoms with E-state index >= 15 is 0 Å². The van der Waals surface area contributed by atoms with E-state index in [0.29, 0.717) is 31.0 Å². The number of nitrogens with zero attached hydrogens (tertiary/aromatic N) is 1. The molecule has 3 aromatic carbocycles. The van der Waals surface area contributed by atoms with E-state index in [1.807, 2.05) is 54.6 Å². The highest BCUT2D eigenvalue weighted by Gasteiger charge is 2.23. The number of ether oxygens (including phenoxy) is 2. The van der Waals surface area contributed by atoms with Gasteiger partial charge in [0.1, 0.15) is 18.1 Å². The second-order valence-electron chi connectivity index (χ2n) is 6.56. The van der Waals surface area contributed by atoms with Crippen molar-refractivity contribution in [2.45, 2.75) is 6.54 Å². The van der Waals surface area contributed by atoms with Crippen LogP contribution < -0.4 is 15.0 Å². The first-order valence-corrected chi connectivity index (χ1v) is 9.33. The SMILES string of the molecule is O=C(NCc1cccc(N2CCOC2=O)c1)c1ccc(Oc2ccccc2)cc1. The standard InChI is InChI=1S/C23H20N2O4/c26-22(18-9-11-21(12-10-18)29-20-7-2-1-3-8-20)24-16-17-5-4-6-19(15-17)25-13-14-28-23(25)27/h1-12,15H,13-14,16H2,(H,24,26). The fourth-order valence-electron chi connectivity index (χ4n) is 3.05. The minimum Gasteiger partial charge on any atom is -0.457 e. The van der Waals surface area contributed by atoms with Gasteiger partial charge in [0.05, 0.1) is 6.54 Å². The zero-order valence-electron chi connectivity index (χ0n) is 15.7. The molecule has 1 saturated heterocycles. The zero-order chi connectivity index (χ0) is 20.1. The molecular formula is C23H20N2O4. The second kappa shape index (κ2) is 8.48. The number of carbonyl (C=O) groups excluding carboxylic acids is 2. The molecule has 6 heteroatoms. The molecule has 0 bridgehead atoms. The van der Waals surface area contributed by atoms with Crippen molar-refractivity contribution < 1.29 is 19.1 Å². The predicted molar refractivity (Wildman–Crippen MR) is 109 cm³/mol. The molecule has 1 heterocycles.